The van der Waals surface area contributed by atoms with Gasteiger partial charge in [-0.15, -0.1) is 0 Å². The third-order valence-corrected chi connectivity index (χ3v) is 4.04. The van der Waals surface area contributed by atoms with Gasteiger partial charge in [0.2, 0.25) is 0 Å². The molecule has 0 fully saturated rings. The second-order valence-corrected chi connectivity index (χ2v) is 8.21. The van der Waals surface area contributed by atoms with E-state index in [1.165, 1.54) is 16.3 Å². The van der Waals surface area contributed by atoms with Crippen molar-refractivity contribution in [2.75, 3.05) is 13.6 Å². The van der Waals surface area contributed by atoms with E-state index in [-0.39, 0.29) is 5.41 Å². The minimum Gasteiger partial charge on any atom is -0.481 e. The fourth-order valence-electron chi connectivity index (χ4n) is 2.59. The Morgan fingerprint density at radius 2 is 1.74 bits per heavy atom. The third-order valence-electron chi connectivity index (χ3n) is 4.04. The highest BCUT2D eigenvalue weighted by Crippen LogP contribution is 2.19. The van der Waals surface area contributed by atoms with E-state index in [0.29, 0.717) is 0 Å². The number of likely N-dealkylation sites (N-methyl/N-ethyl adjacent to an activating group) is 1. The van der Waals surface area contributed by atoms with Crippen molar-refractivity contribution in [3.63, 3.8) is 0 Å². The number of fused-ring (bicyclic) bond motifs is 1. The van der Waals surface area contributed by atoms with E-state index in [4.69, 9.17) is 15.3 Å². The summed E-state index contributed by atoms with van der Waals surface area (Å²) in [5, 5.41) is 26.8. The van der Waals surface area contributed by atoms with Crippen molar-refractivity contribution in [1.29, 1.82) is 0 Å². The highest BCUT2D eigenvalue weighted by Gasteiger charge is 2.16. The van der Waals surface area contributed by atoms with Crippen LogP contribution in [-0.2, 0) is 16.1 Å². The molecule has 0 aromatic heterocycles. The number of aliphatic hydroxyl groups excluding tert-OH is 1. The highest BCUT2D eigenvalue weighted by molar-refractivity contribution is 5.85. The van der Waals surface area contributed by atoms with Crippen molar-refractivity contribution in [3.05, 3.63) is 60.2 Å². The molecule has 1 atom stereocenters. The molecule has 31 heavy (non-hydrogen) atoms. The molecule has 0 unspecified atom stereocenters. The number of aliphatic carboxylic acids is 2. The number of hydrogen-bond donors (Lipinski definition) is 3. The van der Waals surface area contributed by atoms with Crippen molar-refractivity contribution in [1.82, 2.24) is 4.90 Å². The number of carboxylic acids is 2. The predicted octanol–water partition coefficient (Wildman–Crippen LogP) is 3.78. The maximum Gasteiger partial charge on any atom is 0.333 e. The minimum absolute atomic E-state index is 0.0686. The topological polar surface area (TPSA) is 98.1 Å². The lowest BCUT2D eigenvalue weighted by molar-refractivity contribution is -0.152. The lowest BCUT2D eigenvalue weighted by Gasteiger charge is -2.15. The maximum absolute atomic E-state index is 9.72. The van der Waals surface area contributed by atoms with E-state index in [2.05, 4.69) is 93.1 Å². The summed E-state index contributed by atoms with van der Waals surface area (Å²) in [6.07, 6.45) is 1.55. The van der Waals surface area contributed by atoms with E-state index in [1.807, 2.05) is 6.08 Å². The monoisotopic (exact) mass is 425 g/mol. The molecule has 0 aliphatic rings. The minimum atomic E-state index is -1.79. The molecule has 2 aromatic carbocycles. The zero-order valence-electron chi connectivity index (χ0n) is 18.5. The van der Waals surface area contributed by atoms with Gasteiger partial charge in [-0.25, -0.2) is 4.79 Å². The smallest absolute Gasteiger partial charge is 0.333 e. The van der Waals surface area contributed by atoms with Gasteiger partial charge in [0.1, 0.15) is 0 Å². The Morgan fingerprint density at radius 3 is 2.32 bits per heavy atom. The normalized spacial score (nSPS) is 12.1. The van der Waals surface area contributed by atoms with Crippen LogP contribution in [-0.4, -0.2) is 51.9 Å². The predicted molar refractivity (Wildman–Crippen MR) is 123 cm³/mol. The van der Waals surface area contributed by atoms with Crippen LogP contribution in [0, 0.1) is 17.3 Å². The molecular weight excluding hydrogens is 394 g/mol. The molecule has 0 saturated carbocycles. The molecule has 0 amide bonds. The summed E-state index contributed by atoms with van der Waals surface area (Å²) in [6.45, 7) is 8.22. The van der Waals surface area contributed by atoms with Gasteiger partial charge in [0.05, 0.1) is 6.42 Å². The zero-order chi connectivity index (χ0) is 23.4. The Hall–Kier alpha value is -3.14. The van der Waals surface area contributed by atoms with Crippen molar-refractivity contribution in [2.24, 2.45) is 5.41 Å². The van der Waals surface area contributed by atoms with Crippen LogP contribution in [0.15, 0.2) is 54.6 Å². The molecule has 0 aliphatic carbocycles. The van der Waals surface area contributed by atoms with Crippen LogP contribution in [0.1, 0.15) is 32.8 Å². The average Bonchev–Trinajstić information content (AvgIpc) is 2.67. The quantitative estimate of drug-likeness (QED) is 0.584. The summed E-state index contributed by atoms with van der Waals surface area (Å²) in [6, 6.07) is 15.1. The van der Waals surface area contributed by atoms with Crippen LogP contribution in [0.4, 0.5) is 0 Å². The zero-order valence-corrected chi connectivity index (χ0v) is 18.5. The van der Waals surface area contributed by atoms with Gasteiger partial charge in [-0.2, -0.15) is 0 Å². The molecule has 6 heteroatoms. The Labute approximate surface area is 183 Å². The molecule has 0 aliphatic heterocycles. The van der Waals surface area contributed by atoms with Gasteiger partial charge in [-0.05, 0) is 50.2 Å². The van der Waals surface area contributed by atoms with E-state index in [1.54, 1.807) is 0 Å². The molecule has 0 radical (unpaired) electrons. The van der Waals surface area contributed by atoms with E-state index in [0.717, 1.165) is 13.1 Å². The van der Waals surface area contributed by atoms with Gasteiger partial charge >= 0.3 is 11.9 Å². The summed E-state index contributed by atoms with van der Waals surface area (Å²) < 4.78 is 0. The van der Waals surface area contributed by atoms with Gasteiger partial charge in [0.25, 0.3) is 0 Å². The van der Waals surface area contributed by atoms with Gasteiger partial charge in [0.15, 0.2) is 6.10 Å². The van der Waals surface area contributed by atoms with Crippen molar-refractivity contribution < 1.29 is 24.9 Å². The molecule has 166 valence electrons. The van der Waals surface area contributed by atoms with Gasteiger partial charge in [0, 0.05) is 18.5 Å². The first-order valence-electron chi connectivity index (χ1n) is 9.95. The summed E-state index contributed by atoms with van der Waals surface area (Å²) in [5.41, 5.74) is 1.44. The standard InChI is InChI=1S/C21H25N.C4H6O5/c1-21(2,3)15-8-5-9-16-22(4)17-19-13-10-12-18-11-6-7-14-20(18)19;5-2(4(8)9)1-3(6)7/h5-7,9-14H,16-17H2,1-4H3;2,5H,1H2,(H,6,7)(H,8,9)/b9-5+;/t;2-/m.0/s1. The maximum atomic E-state index is 9.72. The van der Waals surface area contributed by atoms with Gasteiger partial charge < -0.3 is 15.3 Å². The van der Waals surface area contributed by atoms with Crippen LogP contribution in [0.2, 0.25) is 0 Å². The van der Waals surface area contributed by atoms with E-state index in [9.17, 15) is 9.59 Å². The molecule has 0 saturated heterocycles. The summed E-state index contributed by atoms with van der Waals surface area (Å²) in [5.74, 6) is 3.49. The lowest BCUT2D eigenvalue weighted by Crippen LogP contribution is -2.22. The van der Waals surface area contributed by atoms with Crippen LogP contribution < -0.4 is 0 Å². The Morgan fingerprint density at radius 1 is 1.10 bits per heavy atom. The summed E-state index contributed by atoms with van der Waals surface area (Å²) in [4.78, 5) is 21.7. The number of rotatable bonds is 7. The number of aliphatic hydroxyl groups is 1. The number of hydrogen-bond acceptors (Lipinski definition) is 4. The average molecular weight is 426 g/mol. The van der Waals surface area contributed by atoms with Gasteiger partial charge in [-0.3, -0.25) is 9.69 Å². The molecule has 2 rings (SSSR count). The molecular formula is C25H31NO5. The Kier molecular flexibility index (Phi) is 10.5. The SMILES string of the molecule is CN(C/C=C/C#CC(C)(C)C)Cc1cccc2ccccc12.O=C(O)C[C@H](O)C(=O)O. The number of allylic oxidation sites excluding steroid dienone is 1. The Bertz CT molecular complexity index is 958. The largest absolute Gasteiger partial charge is 0.481 e. The van der Waals surface area contributed by atoms with Crippen molar-refractivity contribution in [3.8, 4) is 11.8 Å². The highest BCUT2D eigenvalue weighted by atomic mass is 16.4. The summed E-state index contributed by atoms with van der Waals surface area (Å²) in [7, 11) is 2.14. The van der Waals surface area contributed by atoms with Crippen molar-refractivity contribution in [2.45, 2.75) is 39.8 Å². The lowest BCUT2D eigenvalue weighted by atomic mass is 9.98. The van der Waals surface area contributed by atoms with E-state index < -0.39 is 24.5 Å². The number of benzene rings is 2. The molecule has 0 heterocycles. The first-order chi connectivity index (χ1) is 14.5. The number of carboxylic acid groups (broad SMARTS) is 2. The molecule has 2 aromatic rings. The Balaban J connectivity index is 0.000000452. The number of nitrogens with zero attached hydrogens (tertiary/aromatic N) is 1. The second kappa shape index (κ2) is 12.5. The fourth-order valence-corrected chi connectivity index (χ4v) is 2.59. The first-order valence-corrected chi connectivity index (χ1v) is 9.95. The van der Waals surface area contributed by atoms with Crippen LogP contribution in [0.3, 0.4) is 0 Å². The second-order valence-electron chi connectivity index (χ2n) is 8.21. The van der Waals surface area contributed by atoms with Crippen LogP contribution in [0.25, 0.3) is 10.8 Å². The fraction of sp³-hybridized carbons (Fsp3) is 0.360. The van der Waals surface area contributed by atoms with Crippen LogP contribution in [0.5, 0.6) is 0 Å². The molecule has 0 bridgehead atoms. The summed E-state index contributed by atoms with van der Waals surface area (Å²) >= 11 is 0. The number of carbonyl (C=O) groups is 2. The first kappa shape index (κ1) is 25.9. The molecule has 0 spiro atoms. The van der Waals surface area contributed by atoms with Gasteiger partial charge in [-0.1, -0.05) is 60.4 Å². The molecule has 3 N–H and O–H groups in total. The molecule has 6 nitrogen and oxygen atoms in total. The van der Waals surface area contributed by atoms with Crippen molar-refractivity contribution >= 4 is 22.7 Å². The van der Waals surface area contributed by atoms with Crippen LogP contribution >= 0.6 is 0 Å². The van der Waals surface area contributed by atoms with E-state index >= 15 is 0 Å². The third kappa shape index (κ3) is 11.0.